The molecule has 1 amide bonds. The van der Waals surface area contributed by atoms with Crippen LogP contribution in [0.4, 0.5) is 5.69 Å². The lowest BCUT2D eigenvalue weighted by Gasteiger charge is -2.36. The fourth-order valence-electron chi connectivity index (χ4n) is 3.25. The van der Waals surface area contributed by atoms with Crippen molar-refractivity contribution < 1.29 is 14.5 Å². The number of amides is 1. The fourth-order valence-corrected chi connectivity index (χ4v) is 4.21. The van der Waals surface area contributed by atoms with Crippen LogP contribution in [0.3, 0.4) is 0 Å². The molecule has 0 saturated carbocycles. The van der Waals surface area contributed by atoms with Gasteiger partial charge in [-0.15, -0.1) is 11.3 Å². The number of nitriles is 1. The number of methoxy groups -OCH3 is 1. The van der Waals surface area contributed by atoms with Crippen LogP contribution in [0, 0.1) is 28.4 Å². The van der Waals surface area contributed by atoms with Crippen LogP contribution < -0.4 is 4.74 Å². The second kappa shape index (κ2) is 8.37. The lowest BCUT2D eigenvalue weighted by atomic mass is 10.1. The second-order valence-corrected chi connectivity index (χ2v) is 7.70. The van der Waals surface area contributed by atoms with E-state index in [4.69, 9.17) is 4.74 Å². The minimum Gasteiger partial charge on any atom is -0.497 e. The summed E-state index contributed by atoms with van der Waals surface area (Å²) in [6.07, 6.45) is 0. The van der Waals surface area contributed by atoms with Crippen molar-refractivity contribution in [1.29, 1.82) is 5.26 Å². The summed E-state index contributed by atoms with van der Waals surface area (Å²) in [6.45, 7) is 3.70. The molecule has 8 nitrogen and oxygen atoms in total. The number of piperazine rings is 1. The lowest BCUT2D eigenvalue weighted by Crippen LogP contribution is -2.49. The number of carbonyl (C=O) groups excluding carboxylic acids is 1. The molecule has 2 aromatic rings. The number of nitro groups is 1. The van der Waals surface area contributed by atoms with Crippen molar-refractivity contribution in [2.24, 2.45) is 0 Å². The third-order valence-electron chi connectivity index (χ3n) is 4.82. The Morgan fingerprint density at radius 1 is 1.29 bits per heavy atom. The Balaban J connectivity index is 1.66. The van der Waals surface area contributed by atoms with Crippen LogP contribution in [-0.2, 0) is 0 Å². The van der Waals surface area contributed by atoms with Crippen molar-refractivity contribution in [3.05, 3.63) is 55.8 Å². The maximum absolute atomic E-state index is 12.7. The third kappa shape index (κ3) is 3.98. The van der Waals surface area contributed by atoms with Crippen LogP contribution >= 0.6 is 11.3 Å². The molecule has 28 heavy (non-hydrogen) atoms. The summed E-state index contributed by atoms with van der Waals surface area (Å²) in [4.78, 5) is 27.9. The summed E-state index contributed by atoms with van der Waals surface area (Å²) < 4.78 is 5.15. The lowest BCUT2D eigenvalue weighted by molar-refractivity contribution is -0.385. The minimum atomic E-state index is -0.465. The van der Waals surface area contributed by atoms with Gasteiger partial charge in [-0.2, -0.15) is 5.26 Å². The van der Waals surface area contributed by atoms with Crippen molar-refractivity contribution in [2.45, 2.75) is 13.0 Å². The van der Waals surface area contributed by atoms with E-state index in [2.05, 4.69) is 6.07 Å². The molecule has 1 aromatic carbocycles. The van der Waals surface area contributed by atoms with Crippen LogP contribution in [0.2, 0.25) is 0 Å². The van der Waals surface area contributed by atoms with Gasteiger partial charge in [-0.1, -0.05) is 12.1 Å². The zero-order chi connectivity index (χ0) is 20.3. The van der Waals surface area contributed by atoms with Gasteiger partial charge in [-0.05, 0) is 24.6 Å². The molecule has 1 saturated heterocycles. The standard InChI is InChI=1S/C19H20N4O4S/c1-13-16(23(25)26)11-18(28-13)19(24)22-9-7-21(8-10-22)17(12-20)14-3-5-15(27-2)6-4-14/h3-6,11,17H,7-10H2,1-2H3. The highest BCUT2D eigenvalue weighted by Crippen LogP contribution is 2.30. The number of nitrogens with zero attached hydrogens (tertiary/aromatic N) is 4. The molecule has 1 unspecified atom stereocenters. The Labute approximate surface area is 166 Å². The minimum absolute atomic E-state index is 0.0176. The Kier molecular flexibility index (Phi) is 5.92. The Hall–Kier alpha value is -2.96. The molecule has 1 aromatic heterocycles. The predicted octanol–water partition coefficient (Wildman–Crippen LogP) is 3.00. The summed E-state index contributed by atoms with van der Waals surface area (Å²) in [6, 6.07) is 10.7. The van der Waals surface area contributed by atoms with Gasteiger partial charge in [-0.25, -0.2) is 0 Å². The first-order valence-electron chi connectivity index (χ1n) is 8.76. The Bertz CT molecular complexity index is 911. The number of rotatable bonds is 5. The van der Waals surface area contributed by atoms with E-state index in [0.717, 1.165) is 22.6 Å². The van der Waals surface area contributed by atoms with Crippen molar-refractivity contribution in [1.82, 2.24) is 9.80 Å². The Morgan fingerprint density at radius 3 is 2.43 bits per heavy atom. The first kappa shape index (κ1) is 19.8. The predicted molar refractivity (Wildman–Crippen MR) is 105 cm³/mol. The number of aryl methyl sites for hydroxylation is 1. The first-order valence-corrected chi connectivity index (χ1v) is 9.58. The van der Waals surface area contributed by atoms with E-state index in [1.165, 1.54) is 6.07 Å². The van der Waals surface area contributed by atoms with Crippen molar-refractivity contribution >= 4 is 22.9 Å². The number of hydrogen-bond donors (Lipinski definition) is 0. The maximum atomic E-state index is 12.7. The highest BCUT2D eigenvalue weighted by Gasteiger charge is 2.29. The number of hydrogen-bond acceptors (Lipinski definition) is 7. The number of ether oxygens (including phenoxy) is 1. The van der Waals surface area contributed by atoms with Gasteiger partial charge >= 0.3 is 0 Å². The molecule has 3 rings (SSSR count). The maximum Gasteiger partial charge on any atom is 0.283 e. The van der Waals surface area contributed by atoms with E-state index in [9.17, 15) is 20.2 Å². The van der Waals surface area contributed by atoms with Gasteiger partial charge in [0, 0.05) is 32.2 Å². The third-order valence-corrected chi connectivity index (χ3v) is 5.85. The van der Waals surface area contributed by atoms with Gasteiger partial charge in [0.1, 0.15) is 11.8 Å². The molecule has 0 aliphatic carbocycles. The molecular weight excluding hydrogens is 380 g/mol. The van der Waals surface area contributed by atoms with E-state index in [1.54, 1.807) is 18.9 Å². The largest absolute Gasteiger partial charge is 0.497 e. The van der Waals surface area contributed by atoms with Crippen molar-refractivity contribution in [3.63, 3.8) is 0 Å². The highest BCUT2D eigenvalue weighted by atomic mass is 32.1. The number of benzene rings is 1. The molecule has 0 bridgehead atoms. The van der Waals surface area contributed by atoms with Crippen LogP contribution in [0.5, 0.6) is 5.75 Å². The van der Waals surface area contributed by atoms with Crippen molar-refractivity contribution in [3.8, 4) is 11.8 Å². The van der Waals surface area contributed by atoms with E-state index in [-0.39, 0.29) is 11.6 Å². The van der Waals surface area contributed by atoms with Crippen LogP contribution in [0.25, 0.3) is 0 Å². The molecule has 1 atom stereocenters. The van der Waals surface area contributed by atoms with E-state index < -0.39 is 11.0 Å². The molecule has 1 aliphatic rings. The SMILES string of the molecule is COc1ccc(C(C#N)N2CCN(C(=O)c3cc([N+](=O)[O-])c(C)s3)CC2)cc1. The normalized spacial score (nSPS) is 15.7. The zero-order valence-electron chi connectivity index (χ0n) is 15.6. The van der Waals surface area contributed by atoms with Crippen molar-refractivity contribution in [2.75, 3.05) is 33.3 Å². The van der Waals surface area contributed by atoms with E-state index >= 15 is 0 Å². The van der Waals surface area contributed by atoms with E-state index in [1.807, 2.05) is 29.2 Å². The molecule has 1 fully saturated rings. The molecule has 0 spiro atoms. The van der Waals surface area contributed by atoms with Gasteiger partial charge < -0.3 is 9.64 Å². The number of thiophene rings is 1. The quantitative estimate of drug-likeness (QED) is 0.565. The van der Waals surface area contributed by atoms with Gasteiger partial charge in [0.25, 0.3) is 11.6 Å². The van der Waals surface area contributed by atoms with E-state index in [0.29, 0.717) is 35.9 Å². The topological polar surface area (TPSA) is 99.7 Å². The van der Waals surface area contributed by atoms with Crippen LogP contribution in [0.1, 0.15) is 26.2 Å². The molecule has 2 heterocycles. The second-order valence-electron chi connectivity index (χ2n) is 6.44. The monoisotopic (exact) mass is 400 g/mol. The molecule has 9 heteroatoms. The van der Waals surface area contributed by atoms with Gasteiger partial charge in [0.05, 0.1) is 27.9 Å². The summed E-state index contributed by atoms with van der Waals surface area (Å²) in [5, 5.41) is 20.6. The molecule has 0 radical (unpaired) electrons. The Morgan fingerprint density at radius 2 is 1.93 bits per heavy atom. The van der Waals surface area contributed by atoms with Gasteiger partial charge in [0.15, 0.2) is 0 Å². The van der Waals surface area contributed by atoms with Crippen LogP contribution in [0.15, 0.2) is 30.3 Å². The van der Waals surface area contributed by atoms with Gasteiger partial charge in [-0.3, -0.25) is 19.8 Å². The zero-order valence-corrected chi connectivity index (χ0v) is 16.4. The molecule has 1 aliphatic heterocycles. The smallest absolute Gasteiger partial charge is 0.283 e. The highest BCUT2D eigenvalue weighted by molar-refractivity contribution is 7.14. The molecule has 146 valence electrons. The average molecular weight is 400 g/mol. The summed E-state index contributed by atoms with van der Waals surface area (Å²) in [7, 11) is 1.59. The average Bonchev–Trinajstić information content (AvgIpc) is 3.11. The summed E-state index contributed by atoms with van der Waals surface area (Å²) >= 11 is 1.15. The first-order chi connectivity index (χ1) is 13.4. The van der Waals surface area contributed by atoms with Gasteiger partial charge in [0.2, 0.25) is 0 Å². The molecule has 0 N–H and O–H groups in total. The number of carbonyl (C=O) groups is 1. The molecular formula is C19H20N4O4S. The fraction of sp³-hybridized carbons (Fsp3) is 0.368. The van der Waals surface area contributed by atoms with Crippen LogP contribution in [-0.4, -0.2) is 53.9 Å². The summed E-state index contributed by atoms with van der Waals surface area (Å²) in [5.74, 6) is 0.537. The summed E-state index contributed by atoms with van der Waals surface area (Å²) in [5.41, 5.74) is 0.864.